The smallest absolute Gasteiger partial charge is 0.317 e. The molecule has 0 saturated carbocycles. The Hall–Kier alpha value is -0.970. The minimum absolute atomic E-state index is 0.0479. The third kappa shape index (κ3) is 4.01. The van der Waals surface area contributed by atoms with Crippen LogP contribution in [0.5, 0.6) is 0 Å². The Balaban J connectivity index is 2.04. The van der Waals surface area contributed by atoms with Crippen LogP contribution in [-0.4, -0.2) is 37.2 Å². The summed E-state index contributed by atoms with van der Waals surface area (Å²) in [5, 5.41) is 4.02. The Morgan fingerprint density at radius 2 is 2.10 bits per heavy atom. The van der Waals surface area contributed by atoms with Crippen LogP contribution in [0.1, 0.15) is 25.0 Å². The van der Waals surface area contributed by atoms with Crippen LogP contribution in [0, 0.1) is 0 Å². The molecule has 20 heavy (non-hydrogen) atoms. The van der Waals surface area contributed by atoms with Gasteiger partial charge in [0.15, 0.2) is 0 Å². The highest BCUT2D eigenvalue weighted by atomic mass is 35.5. The number of halogens is 2. The van der Waals surface area contributed by atoms with Crippen LogP contribution in [0.3, 0.4) is 0 Å². The first-order chi connectivity index (χ1) is 9.60. The van der Waals surface area contributed by atoms with Gasteiger partial charge in [-0.1, -0.05) is 30.1 Å². The van der Waals surface area contributed by atoms with E-state index in [0.717, 1.165) is 12.0 Å². The highest BCUT2D eigenvalue weighted by Crippen LogP contribution is 2.28. The molecule has 1 aromatic carbocycles. The van der Waals surface area contributed by atoms with Crippen molar-refractivity contribution in [2.75, 3.05) is 26.2 Å². The molecule has 0 radical (unpaired) electrons. The summed E-state index contributed by atoms with van der Waals surface area (Å²) >= 11 is 12.0. The number of carbonyl (C=O) groups excluding carboxylic acids is 1. The van der Waals surface area contributed by atoms with E-state index in [4.69, 9.17) is 27.9 Å². The Bertz CT molecular complexity index is 462. The number of urea groups is 1. The van der Waals surface area contributed by atoms with Crippen molar-refractivity contribution in [1.29, 1.82) is 0 Å². The van der Waals surface area contributed by atoms with E-state index >= 15 is 0 Å². The third-order valence-electron chi connectivity index (χ3n) is 3.14. The van der Waals surface area contributed by atoms with Gasteiger partial charge in [0.1, 0.15) is 6.10 Å². The highest BCUT2D eigenvalue weighted by molar-refractivity contribution is 6.34. The Kier molecular flexibility index (Phi) is 5.52. The third-order valence-corrected chi connectivity index (χ3v) is 3.57. The van der Waals surface area contributed by atoms with Crippen molar-refractivity contribution in [1.82, 2.24) is 10.2 Å². The van der Waals surface area contributed by atoms with Crippen molar-refractivity contribution in [2.24, 2.45) is 0 Å². The molecule has 1 aromatic rings. The summed E-state index contributed by atoms with van der Waals surface area (Å²) in [6, 6.07) is 5.28. The molecular weight excluding hydrogens is 299 g/mol. The van der Waals surface area contributed by atoms with Gasteiger partial charge in [-0.25, -0.2) is 4.79 Å². The number of rotatable bonds is 3. The number of nitrogens with zero attached hydrogens (tertiary/aromatic N) is 1. The van der Waals surface area contributed by atoms with Gasteiger partial charge >= 0.3 is 6.03 Å². The molecule has 1 heterocycles. The van der Waals surface area contributed by atoms with Crippen LogP contribution in [0.2, 0.25) is 10.0 Å². The molecule has 1 saturated heterocycles. The molecule has 4 nitrogen and oxygen atoms in total. The number of benzene rings is 1. The van der Waals surface area contributed by atoms with Crippen LogP contribution in [0.4, 0.5) is 4.79 Å². The van der Waals surface area contributed by atoms with Crippen LogP contribution in [0.15, 0.2) is 18.2 Å². The zero-order chi connectivity index (χ0) is 14.5. The second-order valence-corrected chi connectivity index (χ2v) is 5.61. The molecule has 0 aliphatic carbocycles. The van der Waals surface area contributed by atoms with Gasteiger partial charge in [0.2, 0.25) is 0 Å². The number of carbonyl (C=O) groups is 1. The molecule has 1 fully saturated rings. The highest BCUT2D eigenvalue weighted by Gasteiger charge is 2.25. The Morgan fingerprint density at radius 1 is 1.40 bits per heavy atom. The lowest BCUT2D eigenvalue weighted by molar-refractivity contribution is -0.0153. The van der Waals surface area contributed by atoms with Crippen molar-refractivity contribution in [3.8, 4) is 0 Å². The predicted octanol–water partition coefficient (Wildman–Crippen LogP) is 3.49. The number of hydrogen-bond acceptors (Lipinski definition) is 2. The zero-order valence-corrected chi connectivity index (χ0v) is 12.9. The molecule has 1 aliphatic rings. The van der Waals surface area contributed by atoms with Crippen molar-refractivity contribution in [3.63, 3.8) is 0 Å². The van der Waals surface area contributed by atoms with Gasteiger partial charge in [0.05, 0.1) is 13.2 Å². The van der Waals surface area contributed by atoms with Crippen molar-refractivity contribution < 1.29 is 9.53 Å². The van der Waals surface area contributed by atoms with Crippen molar-refractivity contribution >= 4 is 29.2 Å². The quantitative estimate of drug-likeness (QED) is 0.927. The van der Waals surface area contributed by atoms with Gasteiger partial charge in [-0.3, -0.25) is 0 Å². The molecule has 1 aliphatic heterocycles. The fourth-order valence-corrected chi connectivity index (χ4v) is 2.68. The summed E-state index contributed by atoms with van der Waals surface area (Å²) in [5.41, 5.74) is 0.899. The molecule has 1 unspecified atom stereocenters. The predicted molar refractivity (Wildman–Crippen MR) is 80.4 cm³/mol. The summed E-state index contributed by atoms with van der Waals surface area (Å²) in [5.74, 6) is 0. The average molecular weight is 317 g/mol. The lowest BCUT2D eigenvalue weighted by Crippen LogP contribution is -2.47. The van der Waals surface area contributed by atoms with Crippen LogP contribution >= 0.6 is 23.2 Å². The second kappa shape index (κ2) is 7.16. The van der Waals surface area contributed by atoms with E-state index in [2.05, 4.69) is 5.32 Å². The van der Waals surface area contributed by atoms with E-state index in [1.165, 1.54) is 0 Å². The monoisotopic (exact) mass is 316 g/mol. The van der Waals surface area contributed by atoms with Crippen molar-refractivity contribution in [2.45, 2.75) is 19.4 Å². The summed E-state index contributed by atoms with van der Waals surface area (Å²) in [6.45, 7) is 4.32. The number of hydrogen-bond donors (Lipinski definition) is 1. The first kappa shape index (κ1) is 15.4. The first-order valence-corrected chi connectivity index (χ1v) is 7.46. The van der Waals surface area contributed by atoms with E-state index in [9.17, 15) is 4.79 Å². The second-order valence-electron chi connectivity index (χ2n) is 4.74. The number of amides is 2. The van der Waals surface area contributed by atoms with Crippen molar-refractivity contribution in [3.05, 3.63) is 33.8 Å². The molecule has 1 atom stereocenters. The molecule has 110 valence electrons. The first-order valence-electron chi connectivity index (χ1n) is 6.70. The lowest BCUT2D eigenvalue weighted by atomic mass is 10.1. The Labute approximate surface area is 129 Å². The molecule has 0 bridgehead atoms. The molecule has 2 rings (SSSR count). The van der Waals surface area contributed by atoms with E-state index in [0.29, 0.717) is 36.3 Å². The largest absolute Gasteiger partial charge is 0.370 e. The van der Waals surface area contributed by atoms with Crippen LogP contribution in [0.25, 0.3) is 0 Å². The number of morpholine rings is 1. The maximum absolute atomic E-state index is 12.0. The summed E-state index contributed by atoms with van der Waals surface area (Å²) in [4.78, 5) is 13.7. The van der Waals surface area contributed by atoms with Gasteiger partial charge < -0.3 is 15.0 Å². The van der Waals surface area contributed by atoms with E-state index in [-0.39, 0.29) is 12.1 Å². The standard InChI is InChI=1S/C14H18Cl2N2O2/c1-2-3-17-14(19)18-4-5-20-13(9-18)10-6-11(15)8-12(16)7-10/h6-8,13H,2-5,9H2,1H3,(H,17,19). The molecule has 1 N–H and O–H groups in total. The topological polar surface area (TPSA) is 41.6 Å². The number of nitrogens with one attached hydrogen (secondary N) is 1. The van der Waals surface area contributed by atoms with Gasteiger partial charge in [-0.2, -0.15) is 0 Å². The number of ether oxygens (including phenoxy) is 1. The zero-order valence-electron chi connectivity index (χ0n) is 11.4. The maximum Gasteiger partial charge on any atom is 0.317 e. The van der Waals surface area contributed by atoms with E-state index in [1.807, 2.05) is 19.1 Å². The SMILES string of the molecule is CCCNC(=O)N1CCOC(c2cc(Cl)cc(Cl)c2)C1. The summed E-state index contributed by atoms with van der Waals surface area (Å²) < 4.78 is 5.72. The van der Waals surface area contributed by atoms with Gasteiger partial charge in [-0.15, -0.1) is 0 Å². The molecule has 0 spiro atoms. The molecule has 2 amide bonds. The summed E-state index contributed by atoms with van der Waals surface area (Å²) in [6.07, 6.45) is 0.732. The molecule has 0 aromatic heterocycles. The lowest BCUT2D eigenvalue weighted by Gasteiger charge is -2.33. The van der Waals surface area contributed by atoms with Crippen LogP contribution < -0.4 is 5.32 Å². The minimum atomic E-state index is -0.188. The normalized spacial score (nSPS) is 18.9. The Morgan fingerprint density at radius 3 is 2.75 bits per heavy atom. The van der Waals surface area contributed by atoms with Gasteiger partial charge in [0.25, 0.3) is 0 Å². The van der Waals surface area contributed by atoms with Gasteiger partial charge in [0, 0.05) is 23.1 Å². The van der Waals surface area contributed by atoms with Crippen LogP contribution in [-0.2, 0) is 4.74 Å². The average Bonchev–Trinajstić information content (AvgIpc) is 2.44. The molecule has 6 heteroatoms. The van der Waals surface area contributed by atoms with Gasteiger partial charge in [-0.05, 0) is 30.2 Å². The fourth-order valence-electron chi connectivity index (χ4n) is 2.14. The fraction of sp³-hybridized carbons (Fsp3) is 0.500. The molecular formula is C14H18Cl2N2O2. The summed E-state index contributed by atoms with van der Waals surface area (Å²) in [7, 11) is 0. The van der Waals surface area contributed by atoms with E-state index in [1.54, 1.807) is 11.0 Å². The maximum atomic E-state index is 12.0. The van der Waals surface area contributed by atoms with E-state index < -0.39 is 0 Å². The minimum Gasteiger partial charge on any atom is -0.370 e.